The number of nitrogens with zero attached hydrogens (tertiary/aromatic N) is 1. The maximum atomic E-state index is 12.7. The smallest absolute Gasteiger partial charge is 0.226 e. The normalized spacial score (nSPS) is 21.5. The average Bonchev–Trinajstić information content (AvgIpc) is 3.52. The van der Waals surface area contributed by atoms with E-state index in [-0.39, 0.29) is 17.7 Å². The van der Waals surface area contributed by atoms with E-state index in [1.165, 1.54) is 10.5 Å². The van der Waals surface area contributed by atoms with Crippen LogP contribution >= 0.6 is 35.0 Å². The summed E-state index contributed by atoms with van der Waals surface area (Å²) >= 11 is 15.0. The van der Waals surface area contributed by atoms with E-state index < -0.39 is 0 Å². The number of morpholine rings is 1. The Morgan fingerprint density at radius 3 is 2.52 bits per heavy atom. The number of rotatable bonds is 5. The van der Waals surface area contributed by atoms with Gasteiger partial charge in [-0.15, -0.1) is 0 Å². The van der Waals surface area contributed by atoms with Crippen molar-refractivity contribution in [1.29, 1.82) is 0 Å². The van der Waals surface area contributed by atoms with E-state index in [1.54, 1.807) is 11.8 Å². The van der Waals surface area contributed by atoms with Crippen molar-refractivity contribution in [2.45, 2.75) is 41.9 Å². The Bertz CT molecular complexity index is 912. The molecule has 4 rings (SSSR count). The van der Waals surface area contributed by atoms with Crippen molar-refractivity contribution in [3.8, 4) is 0 Å². The van der Waals surface area contributed by atoms with Gasteiger partial charge in [0.25, 0.3) is 0 Å². The van der Waals surface area contributed by atoms with Crippen molar-refractivity contribution in [2.75, 3.05) is 26.3 Å². The molecule has 0 radical (unpaired) electrons. The number of hydrogen-bond acceptors (Lipinski definition) is 3. The number of halogens is 2. The summed E-state index contributed by atoms with van der Waals surface area (Å²) in [6.45, 7) is 6.99. The quantitative estimate of drug-likeness (QED) is 0.541. The number of carbonyl (C=O) groups is 1. The van der Waals surface area contributed by atoms with Crippen LogP contribution in [0.15, 0.2) is 46.2 Å². The Balaban J connectivity index is 1.51. The van der Waals surface area contributed by atoms with Crippen molar-refractivity contribution in [3.05, 3.63) is 57.6 Å². The molecule has 2 aromatic carbocycles. The zero-order valence-corrected chi connectivity index (χ0v) is 19.0. The van der Waals surface area contributed by atoms with Gasteiger partial charge in [-0.25, -0.2) is 0 Å². The van der Waals surface area contributed by atoms with Crippen LogP contribution in [-0.2, 0) is 9.53 Å². The van der Waals surface area contributed by atoms with Crippen molar-refractivity contribution in [3.63, 3.8) is 0 Å². The second kappa shape index (κ2) is 8.89. The Hall–Kier alpha value is -1.20. The molecule has 0 N–H and O–H groups in total. The largest absolute Gasteiger partial charge is 0.378 e. The molecule has 1 aliphatic carbocycles. The molecule has 1 heterocycles. The molecule has 2 atom stereocenters. The Kier molecular flexibility index (Phi) is 6.45. The summed E-state index contributed by atoms with van der Waals surface area (Å²) in [5.74, 6) is 0.833. The number of benzene rings is 2. The molecular weight excluding hydrogens is 425 g/mol. The number of hydrogen-bond donors (Lipinski definition) is 0. The van der Waals surface area contributed by atoms with E-state index in [0.717, 1.165) is 16.9 Å². The van der Waals surface area contributed by atoms with Gasteiger partial charge in [0.1, 0.15) is 0 Å². The lowest BCUT2D eigenvalue weighted by molar-refractivity contribution is -0.136. The van der Waals surface area contributed by atoms with Crippen LogP contribution in [0.25, 0.3) is 0 Å². The first-order valence-corrected chi connectivity index (χ1v) is 11.7. The van der Waals surface area contributed by atoms with E-state index in [1.807, 2.05) is 23.1 Å². The van der Waals surface area contributed by atoms with Crippen LogP contribution in [0.5, 0.6) is 0 Å². The van der Waals surface area contributed by atoms with Gasteiger partial charge >= 0.3 is 0 Å². The van der Waals surface area contributed by atoms with Gasteiger partial charge in [-0.2, -0.15) is 0 Å². The Morgan fingerprint density at radius 1 is 1.07 bits per heavy atom. The Labute approximate surface area is 186 Å². The fourth-order valence-electron chi connectivity index (χ4n) is 3.91. The van der Waals surface area contributed by atoms with Crippen molar-refractivity contribution in [2.24, 2.45) is 5.92 Å². The van der Waals surface area contributed by atoms with Gasteiger partial charge in [-0.05, 0) is 41.5 Å². The summed E-state index contributed by atoms with van der Waals surface area (Å²) in [5, 5.41) is 1.16. The van der Waals surface area contributed by atoms with Gasteiger partial charge in [0.2, 0.25) is 5.91 Å². The molecule has 29 heavy (non-hydrogen) atoms. The monoisotopic (exact) mass is 449 g/mol. The van der Waals surface area contributed by atoms with E-state index in [9.17, 15) is 4.79 Å². The summed E-state index contributed by atoms with van der Waals surface area (Å²) in [6.07, 6.45) is 0.842. The molecule has 1 aliphatic heterocycles. The zero-order chi connectivity index (χ0) is 20.5. The summed E-state index contributed by atoms with van der Waals surface area (Å²) in [6, 6.07) is 12.5. The van der Waals surface area contributed by atoms with Gasteiger partial charge < -0.3 is 9.64 Å². The summed E-state index contributed by atoms with van der Waals surface area (Å²) in [7, 11) is 0. The number of ether oxygens (including phenoxy) is 1. The molecule has 2 aromatic rings. The minimum atomic E-state index is 0.0156. The van der Waals surface area contributed by atoms with Crippen molar-refractivity contribution in [1.82, 2.24) is 4.90 Å². The Morgan fingerprint density at radius 2 is 1.79 bits per heavy atom. The van der Waals surface area contributed by atoms with E-state index in [2.05, 4.69) is 32.0 Å². The molecule has 2 unspecified atom stereocenters. The molecule has 1 saturated carbocycles. The van der Waals surface area contributed by atoms with Crippen molar-refractivity contribution < 1.29 is 9.53 Å². The van der Waals surface area contributed by atoms with Crippen LogP contribution in [0, 0.1) is 5.92 Å². The topological polar surface area (TPSA) is 29.5 Å². The standard InChI is InChI=1S/C23H25Cl2NO2S/c1-14(2)15-5-3-4-6-19(15)29-20-8-7-16(21(24)22(20)25)17-13-18(17)23(27)26-9-11-28-12-10-26/h3-8,14,17-18H,9-13H2,1-2H3. The average molecular weight is 450 g/mol. The summed E-state index contributed by atoms with van der Waals surface area (Å²) in [5.41, 5.74) is 2.29. The third kappa shape index (κ3) is 4.46. The highest BCUT2D eigenvalue weighted by Crippen LogP contribution is 2.53. The van der Waals surface area contributed by atoms with Gasteiger partial charge in [0.15, 0.2) is 0 Å². The minimum absolute atomic E-state index is 0.0156. The highest BCUT2D eigenvalue weighted by Gasteiger charge is 2.47. The molecule has 1 saturated heterocycles. The number of carbonyl (C=O) groups excluding carboxylic acids is 1. The molecule has 6 heteroatoms. The maximum absolute atomic E-state index is 12.7. The fraction of sp³-hybridized carbons (Fsp3) is 0.435. The predicted octanol–water partition coefficient (Wildman–Crippen LogP) is 6.23. The van der Waals surface area contributed by atoms with Gasteiger partial charge in [0.05, 0.1) is 23.3 Å². The molecule has 2 fully saturated rings. The van der Waals surface area contributed by atoms with Gasteiger partial charge in [-0.1, -0.05) is 73.1 Å². The van der Waals surface area contributed by atoms with Crippen LogP contribution in [0.3, 0.4) is 0 Å². The van der Waals surface area contributed by atoms with Crippen LogP contribution in [-0.4, -0.2) is 37.1 Å². The van der Waals surface area contributed by atoms with Crippen LogP contribution in [0.4, 0.5) is 0 Å². The third-order valence-corrected chi connectivity index (χ3v) is 7.83. The summed E-state index contributed by atoms with van der Waals surface area (Å²) in [4.78, 5) is 16.8. The molecule has 3 nitrogen and oxygen atoms in total. The molecule has 2 aliphatic rings. The zero-order valence-electron chi connectivity index (χ0n) is 16.7. The van der Waals surface area contributed by atoms with Gasteiger partial charge in [0, 0.05) is 28.8 Å². The summed E-state index contributed by atoms with van der Waals surface area (Å²) < 4.78 is 5.35. The lowest BCUT2D eigenvalue weighted by Gasteiger charge is -2.27. The highest BCUT2D eigenvalue weighted by molar-refractivity contribution is 7.99. The molecule has 0 spiro atoms. The number of amides is 1. The SMILES string of the molecule is CC(C)c1ccccc1Sc1ccc(C2CC2C(=O)N2CCOCC2)c(Cl)c1Cl. The molecule has 0 aromatic heterocycles. The van der Waals surface area contributed by atoms with E-state index >= 15 is 0 Å². The van der Waals surface area contributed by atoms with E-state index in [4.69, 9.17) is 27.9 Å². The van der Waals surface area contributed by atoms with Crippen LogP contribution < -0.4 is 0 Å². The molecule has 154 valence electrons. The third-order valence-electron chi connectivity index (χ3n) is 5.67. The first-order chi connectivity index (χ1) is 14.0. The predicted molar refractivity (Wildman–Crippen MR) is 119 cm³/mol. The molecule has 1 amide bonds. The van der Waals surface area contributed by atoms with Gasteiger partial charge in [-0.3, -0.25) is 4.79 Å². The first-order valence-electron chi connectivity index (χ1n) is 10.1. The lowest BCUT2D eigenvalue weighted by Crippen LogP contribution is -2.41. The maximum Gasteiger partial charge on any atom is 0.226 e. The second-order valence-corrected chi connectivity index (χ2v) is 9.80. The second-order valence-electron chi connectivity index (χ2n) is 7.96. The highest BCUT2D eigenvalue weighted by atomic mass is 35.5. The molecule has 0 bridgehead atoms. The van der Waals surface area contributed by atoms with Crippen LogP contribution in [0.1, 0.15) is 43.2 Å². The minimum Gasteiger partial charge on any atom is -0.378 e. The van der Waals surface area contributed by atoms with Crippen molar-refractivity contribution >= 4 is 40.9 Å². The van der Waals surface area contributed by atoms with Crippen LogP contribution in [0.2, 0.25) is 10.0 Å². The molecular formula is C23H25Cl2NO2S. The van der Waals surface area contributed by atoms with E-state index in [0.29, 0.717) is 42.3 Å². The lowest BCUT2D eigenvalue weighted by atomic mass is 10.0. The first kappa shape index (κ1) is 21.0. The fourth-order valence-corrected chi connectivity index (χ4v) is 5.69.